The molecule has 1 aromatic heterocycles. The third-order valence-electron chi connectivity index (χ3n) is 15.5. The zero-order valence-corrected chi connectivity index (χ0v) is 39.8. The first-order valence-corrected chi connectivity index (χ1v) is 23.4. The van der Waals surface area contributed by atoms with Crippen LogP contribution in [-0.2, 0) is 39.7 Å². The number of fused-ring (bicyclic) bond motifs is 5. The minimum atomic E-state index is -1.54. The van der Waals surface area contributed by atoms with Crippen molar-refractivity contribution in [2.75, 3.05) is 19.0 Å². The predicted octanol–water partition coefficient (Wildman–Crippen LogP) is 6.41. The van der Waals surface area contributed by atoms with E-state index in [2.05, 4.69) is 38.2 Å². The van der Waals surface area contributed by atoms with Crippen molar-refractivity contribution in [3.63, 3.8) is 0 Å². The summed E-state index contributed by atoms with van der Waals surface area (Å²) in [5.41, 5.74) is 0.144. The Morgan fingerprint density at radius 1 is 1.02 bits per heavy atom. The van der Waals surface area contributed by atoms with Gasteiger partial charge in [0.05, 0.1) is 48.4 Å². The van der Waals surface area contributed by atoms with E-state index >= 15 is 4.79 Å². The number of aliphatic hydroxyl groups is 2. The van der Waals surface area contributed by atoms with Gasteiger partial charge in [-0.3, -0.25) is 4.79 Å². The summed E-state index contributed by atoms with van der Waals surface area (Å²) in [5, 5.41) is 32.1. The van der Waals surface area contributed by atoms with Gasteiger partial charge in [0.2, 0.25) is 12.2 Å². The molecule has 356 valence electrons. The van der Waals surface area contributed by atoms with Crippen LogP contribution in [0.3, 0.4) is 0 Å². The Balaban J connectivity index is 1.23. The largest absolute Gasteiger partial charge is 0.482 e. The van der Waals surface area contributed by atoms with Crippen LogP contribution in [0.5, 0.6) is 17.2 Å². The Kier molecular flexibility index (Phi) is 10.6. The number of hydrogen-bond acceptors (Lipinski definition) is 15. The highest BCUT2D eigenvalue weighted by Crippen LogP contribution is 2.75. The fourth-order valence-corrected chi connectivity index (χ4v) is 12.5. The first kappa shape index (κ1) is 45.2. The highest BCUT2D eigenvalue weighted by Gasteiger charge is 2.86. The van der Waals surface area contributed by atoms with Crippen molar-refractivity contribution in [1.29, 1.82) is 0 Å². The molecule has 0 amide bonds. The number of ketones is 1. The van der Waals surface area contributed by atoms with E-state index in [9.17, 15) is 15.0 Å². The molecule has 8 unspecified atom stereocenters. The molecule has 11 rings (SSSR count). The van der Waals surface area contributed by atoms with Crippen LogP contribution in [0.1, 0.15) is 124 Å². The Morgan fingerprint density at radius 3 is 2.50 bits per heavy atom. The van der Waals surface area contributed by atoms with Crippen LogP contribution >= 0.6 is 0 Å². The van der Waals surface area contributed by atoms with Crippen molar-refractivity contribution >= 4 is 23.8 Å². The van der Waals surface area contributed by atoms with Crippen LogP contribution in [0.25, 0.3) is 6.08 Å². The SMILES string of the molecule is COC(=O)/C(C)=C\CC12OC(C)(C)C3CC(C1=O)C1C4C(Nc5ncnn51)c1c(O[C@H]5O[C@H]6COC(C)(C)O[C@@H]6[C@@H](O)[C@@H]5O)c5c(c(CC=C(C)C)c1OC432)OC(C)(CCC=C(C)C)C=C5. The molecule has 2 aromatic rings. The summed E-state index contributed by atoms with van der Waals surface area (Å²) < 4.78 is 55.0. The highest BCUT2D eigenvalue weighted by atomic mass is 16.8. The van der Waals surface area contributed by atoms with Gasteiger partial charge in [-0.1, -0.05) is 29.4 Å². The van der Waals surface area contributed by atoms with Crippen LogP contribution in [0.4, 0.5) is 5.95 Å². The third kappa shape index (κ3) is 6.59. The van der Waals surface area contributed by atoms with E-state index in [1.54, 1.807) is 26.8 Å². The lowest BCUT2D eigenvalue weighted by atomic mass is 9.44. The molecule has 16 heteroatoms. The number of nitrogens with zero attached hydrogens (tertiary/aromatic N) is 3. The second kappa shape index (κ2) is 15.5. The van der Waals surface area contributed by atoms with E-state index in [1.165, 1.54) is 19.0 Å². The van der Waals surface area contributed by atoms with E-state index in [0.717, 1.165) is 17.6 Å². The lowest BCUT2D eigenvalue weighted by Crippen LogP contribution is -2.79. The van der Waals surface area contributed by atoms with Crippen LogP contribution < -0.4 is 19.5 Å². The summed E-state index contributed by atoms with van der Waals surface area (Å²) in [6, 6.07) is -1.14. The molecule has 6 fully saturated rings. The van der Waals surface area contributed by atoms with Crippen molar-refractivity contribution in [3.05, 3.63) is 64.0 Å². The van der Waals surface area contributed by atoms with Gasteiger partial charge < -0.3 is 53.4 Å². The Labute approximate surface area is 385 Å². The molecule has 3 aliphatic carbocycles. The van der Waals surface area contributed by atoms with Gasteiger partial charge in [0.15, 0.2) is 22.8 Å². The fraction of sp³-hybridized carbons (Fsp3) is 0.640. The van der Waals surface area contributed by atoms with Crippen molar-refractivity contribution in [2.45, 2.75) is 172 Å². The smallest absolute Gasteiger partial charge is 0.333 e. The summed E-state index contributed by atoms with van der Waals surface area (Å²) in [5.74, 6) is -1.19. The zero-order chi connectivity index (χ0) is 47.0. The molecule has 9 aliphatic rings. The quantitative estimate of drug-likeness (QED) is 0.135. The summed E-state index contributed by atoms with van der Waals surface area (Å²) in [6.45, 7) is 19.6. The standard InChI is InChI=1S/C50H64N4O12/c1-24(2)13-12-18-48(10)19-17-28-38(64-48)27(15-14-25(3)4)40-32(39(28)62-44-37(56)36(55)41-30(61-44)22-60-47(8,9)63-41)34-33-35(54-45(53-34)51-23-52-54)29-21-31-46(6,7)66-49(42(29)57,50(31,33)65-40)20-16-26(5)43(58)59-11/h13-14,16-17,19,23,29-31,33-37,41,44,55-56H,12,15,18,20-22H2,1-11H3,(H,51,52,53)/b26-16-/t29?,30-,31?,33?,34?,35?,36-,37-,41-,44+,48?,49?,50?/m0/s1. The van der Waals surface area contributed by atoms with Gasteiger partial charge in [-0.15, -0.1) is 0 Å². The number of aliphatic hydroxyl groups excluding tert-OH is 2. The normalized spacial score (nSPS) is 38.0. The molecule has 4 bridgehead atoms. The fourth-order valence-electron chi connectivity index (χ4n) is 12.5. The number of carbonyl (C=O) groups is 2. The first-order valence-electron chi connectivity index (χ1n) is 23.4. The van der Waals surface area contributed by atoms with Crippen molar-refractivity contribution < 1.29 is 57.7 Å². The van der Waals surface area contributed by atoms with E-state index in [0.29, 0.717) is 59.2 Å². The number of aromatic nitrogens is 3. The number of hydrogen-bond donors (Lipinski definition) is 3. The topological polar surface area (TPSA) is 191 Å². The maximum absolute atomic E-state index is 15.6. The number of benzene rings is 1. The average molecular weight is 913 g/mol. The lowest BCUT2D eigenvalue weighted by molar-refractivity contribution is -0.373. The molecule has 66 heavy (non-hydrogen) atoms. The molecule has 1 aromatic carbocycles. The number of anilines is 1. The minimum absolute atomic E-state index is 0.0570. The number of methoxy groups -OCH3 is 1. The van der Waals surface area contributed by atoms with Crippen LogP contribution in [0, 0.1) is 17.8 Å². The van der Waals surface area contributed by atoms with E-state index in [4.69, 9.17) is 48.0 Å². The van der Waals surface area contributed by atoms with Gasteiger partial charge in [-0.25, -0.2) is 9.48 Å². The Morgan fingerprint density at radius 2 is 1.77 bits per heavy atom. The number of ether oxygens (including phenoxy) is 8. The van der Waals surface area contributed by atoms with Gasteiger partial charge in [0.25, 0.3) is 0 Å². The molecule has 16 nitrogen and oxygen atoms in total. The Bertz CT molecular complexity index is 2480. The van der Waals surface area contributed by atoms with Crippen LogP contribution in [0.2, 0.25) is 0 Å². The predicted molar refractivity (Wildman–Crippen MR) is 240 cm³/mol. The van der Waals surface area contributed by atoms with E-state index in [1.807, 2.05) is 44.5 Å². The molecule has 1 spiro atoms. The summed E-state index contributed by atoms with van der Waals surface area (Å²) in [6.07, 6.45) is 8.06. The molecule has 3 saturated heterocycles. The number of allylic oxidation sites excluding steroid dienone is 4. The minimum Gasteiger partial charge on any atom is -0.482 e. The van der Waals surface area contributed by atoms with Crippen molar-refractivity contribution in [2.24, 2.45) is 17.8 Å². The molecule has 3 N–H and O–H groups in total. The second-order valence-corrected chi connectivity index (χ2v) is 21.2. The molecule has 0 radical (unpaired) electrons. The number of esters is 1. The van der Waals surface area contributed by atoms with E-state index < -0.39 is 88.8 Å². The molecule has 3 saturated carbocycles. The van der Waals surface area contributed by atoms with Crippen LogP contribution in [-0.4, -0.2) is 109 Å². The molecule has 6 aliphatic heterocycles. The zero-order valence-electron chi connectivity index (χ0n) is 39.8. The highest BCUT2D eigenvalue weighted by molar-refractivity contribution is 5.96. The maximum Gasteiger partial charge on any atom is 0.333 e. The molecule has 7 heterocycles. The summed E-state index contributed by atoms with van der Waals surface area (Å²) in [7, 11) is 1.33. The Hall–Kier alpha value is -4.58. The number of rotatable bonds is 10. The van der Waals surface area contributed by atoms with Crippen LogP contribution in [0.15, 0.2) is 47.4 Å². The third-order valence-corrected chi connectivity index (χ3v) is 15.5. The number of nitrogens with one attached hydrogen (secondary N) is 1. The van der Waals surface area contributed by atoms with Gasteiger partial charge >= 0.3 is 5.97 Å². The second-order valence-electron chi connectivity index (χ2n) is 21.2. The number of Topliss-reactive ketones (excluding diaryl/α,β-unsaturated/α-hetero) is 1. The van der Waals surface area contributed by atoms with Gasteiger partial charge in [-0.05, 0) is 107 Å². The first-order chi connectivity index (χ1) is 31.2. The summed E-state index contributed by atoms with van der Waals surface area (Å²) in [4.78, 5) is 33.2. The maximum atomic E-state index is 15.6. The van der Waals surface area contributed by atoms with Crippen molar-refractivity contribution in [3.8, 4) is 17.2 Å². The van der Waals surface area contributed by atoms with Gasteiger partial charge in [-0.2, -0.15) is 10.1 Å². The average Bonchev–Trinajstić information content (AvgIpc) is 3.78. The summed E-state index contributed by atoms with van der Waals surface area (Å²) >= 11 is 0. The number of carbonyl (C=O) groups excluding carboxylic acids is 2. The van der Waals surface area contributed by atoms with Crippen molar-refractivity contribution in [1.82, 2.24) is 14.8 Å². The molecular weight excluding hydrogens is 849 g/mol. The lowest BCUT2D eigenvalue weighted by Gasteiger charge is -2.66. The molecular formula is C50H64N4O12. The molecule has 13 atom stereocenters. The van der Waals surface area contributed by atoms with E-state index in [-0.39, 0.29) is 24.7 Å². The van der Waals surface area contributed by atoms with Gasteiger partial charge in [0, 0.05) is 29.4 Å². The van der Waals surface area contributed by atoms with Gasteiger partial charge in [0.1, 0.15) is 53.6 Å². The monoisotopic (exact) mass is 912 g/mol.